The fourth-order valence-corrected chi connectivity index (χ4v) is 3.81. The van der Waals surface area contributed by atoms with Gasteiger partial charge in [0.25, 0.3) is 0 Å². The van der Waals surface area contributed by atoms with Crippen LogP contribution in [0.2, 0.25) is 0 Å². The Morgan fingerprint density at radius 2 is 2.17 bits per heavy atom. The molecule has 2 unspecified atom stereocenters. The first-order valence-corrected chi connectivity index (χ1v) is 8.61. The first-order valence-electron chi connectivity index (χ1n) is 8.61. The molecule has 0 radical (unpaired) electrons. The van der Waals surface area contributed by atoms with Gasteiger partial charge in [-0.25, -0.2) is 0 Å². The molecule has 0 amide bonds. The molecule has 2 aliphatic rings. The van der Waals surface area contributed by atoms with Gasteiger partial charge in [-0.15, -0.1) is 0 Å². The van der Waals surface area contributed by atoms with E-state index < -0.39 is 5.60 Å². The van der Waals surface area contributed by atoms with Crippen LogP contribution in [0.15, 0.2) is 24.3 Å². The third-order valence-electron chi connectivity index (χ3n) is 5.25. The Balaban J connectivity index is 1.83. The summed E-state index contributed by atoms with van der Waals surface area (Å²) in [5.41, 5.74) is 0.686. The van der Waals surface area contributed by atoms with E-state index in [9.17, 15) is 5.11 Å². The minimum Gasteiger partial charge on any atom is -0.385 e. The van der Waals surface area contributed by atoms with Crippen molar-refractivity contribution in [3.63, 3.8) is 0 Å². The number of benzene rings is 1. The molecule has 2 atom stereocenters. The van der Waals surface area contributed by atoms with Gasteiger partial charge in [0.2, 0.25) is 0 Å². The molecule has 0 bridgehead atoms. The quantitative estimate of drug-likeness (QED) is 0.904. The normalized spacial score (nSPS) is 28.7. The van der Waals surface area contributed by atoms with Crippen LogP contribution in [0.25, 0.3) is 0 Å². The molecule has 1 saturated carbocycles. The van der Waals surface area contributed by atoms with E-state index >= 15 is 0 Å². The summed E-state index contributed by atoms with van der Waals surface area (Å²) in [6.07, 6.45) is 3.47. The van der Waals surface area contributed by atoms with Crippen molar-refractivity contribution < 1.29 is 5.11 Å². The van der Waals surface area contributed by atoms with Gasteiger partial charge in [-0.3, -0.25) is 0 Å². The second kappa shape index (κ2) is 6.60. The van der Waals surface area contributed by atoms with E-state index in [0.717, 1.165) is 37.5 Å². The summed E-state index contributed by atoms with van der Waals surface area (Å²) in [6.45, 7) is 3.91. The van der Waals surface area contributed by atoms with Crippen molar-refractivity contribution in [3.05, 3.63) is 35.4 Å². The highest BCUT2D eigenvalue weighted by molar-refractivity contribution is 5.36. The van der Waals surface area contributed by atoms with Crippen LogP contribution >= 0.6 is 0 Å². The fourth-order valence-electron chi connectivity index (χ4n) is 3.81. The Labute approximate surface area is 139 Å². The molecule has 0 spiro atoms. The maximum absolute atomic E-state index is 11.5. The van der Waals surface area contributed by atoms with E-state index in [1.165, 1.54) is 19.4 Å². The number of piperidine rings is 1. The van der Waals surface area contributed by atoms with E-state index in [1.54, 1.807) is 6.07 Å². The van der Waals surface area contributed by atoms with Gasteiger partial charge in [0.05, 0.1) is 17.2 Å². The number of rotatable bonds is 5. The lowest BCUT2D eigenvalue weighted by Crippen LogP contribution is -2.53. The molecule has 1 aliphatic heterocycles. The number of hydrogen-bond acceptors (Lipinski definition) is 4. The van der Waals surface area contributed by atoms with Crippen LogP contribution in [-0.4, -0.2) is 55.2 Å². The lowest BCUT2D eigenvalue weighted by molar-refractivity contribution is -0.0852. The van der Waals surface area contributed by atoms with E-state index in [0.29, 0.717) is 5.56 Å². The number of aliphatic hydroxyl groups is 1. The van der Waals surface area contributed by atoms with Crippen molar-refractivity contribution in [2.75, 3.05) is 40.3 Å². The zero-order chi connectivity index (χ0) is 16.4. The number of nitrogens with zero attached hydrogens (tertiary/aromatic N) is 3. The Morgan fingerprint density at radius 1 is 1.39 bits per heavy atom. The summed E-state index contributed by atoms with van der Waals surface area (Å²) < 4.78 is 0. The standard InChI is InChI=1S/C19H27N3O/c1-21(2)13-18-14-22(12-15-6-7-15)9-8-19(18,23)17-5-3-4-16(10-17)11-20/h3-5,10,15,18,23H,6-9,12-14H2,1-2H3. The summed E-state index contributed by atoms with van der Waals surface area (Å²) in [6, 6.07) is 9.71. The van der Waals surface area contributed by atoms with Gasteiger partial charge in [0.15, 0.2) is 0 Å². The van der Waals surface area contributed by atoms with Crippen LogP contribution in [0.4, 0.5) is 0 Å². The number of nitriles is 1. The summed E-state index contributed by atoms with van der Waals surface area (Å²) in [4.78, 5) is 4.68. The SMILES string of the molecule is CN(C)CC1CN(CC2CC2)CCC1(O)c1cccc(C#N)c1. The van der Waals surface area contributed by atoms with E-state index in [1.807, 2.05) is 18.2 Å². The van der Waals surface area contributed by atoms with Crippen LogP contribution < -0.4 is 0 Å². The smallest absolute Gasteiger partial charge is 0.0991 e. The molecule has 1 aliphatic carbocycles. The summed E-state index contributed by atoms with van der Waals surface area (Å²) in [5.74, 6) is 1.04. The predicted octanol–water partition coefficient (Wildman–Crippen LogP) is 2.04. The zero-order valence-corrected chi connectivity index (χ0v) is 14.2. The van der Waals surface area contributed by atoms with Crippen molar-refractivity contribution in [3.8, 4) is 6.07 Å². The molecule has 23 heavy (non-hydrogen) atoms. The fraction of sp³-hybridized carbons (Fsp3) is 0.632. The van der Waals surface area contributed by atoms with Gasteiger partial charge < -0.3 is 14.9 Å². The summed E-state index contributed by atoms with van der Waals surface area (Å²) in [5, 5.41) is 20.6. The highest BCUT2D eigenvalue weighted by Gasteiger charge is 2.43. The van der Waals surface area contributed by atoms with Gasteiger partial charge >= 0.3 is 0 Å². The highest BCUT2D eigenvalue weighted by atomic mass is 16.3. The lowest BCUT2D eigenvalue weighted by atomic mass is 9.75. The largest absolute Gasteiger partial charge is 0.385 e. The van der Waals surface area contributed by atoms with E-state index in [-0.39, 0.29) is 5.92 Å². The van der Waals surface area contributed by atoms with Gasteiger partial charge in [0, 0.05) is 32.1 Å². The summed E-state index contributed by atoms with van der Waals surface area (Å²) in [7, 11) is 4.12. The predicted molar refractivity (Wildman–Crippen MR) is 90.9 cm³/mol. The Kier molecular flexibility index (Phi) is 4.72. The molecule has 4 nitrogen and oxygen atoms in total. The van der Waals surface area contributed by atoms with Crippen molar-refractivity contribution in [1.82, 2.24) is 9.80 Å². The third-order valence-corrected chi connectivity index (χ3v) is 5.25. The maximum atomic E-state index is 11.5. The maximum Gasteiger partial charge on any atom is 0.0991 e. The molecule has 124 valence electrons. The van der Waals surface area contributed by atoms with Gasteiger partial charge in [0.1, 0.15) is 0 Å². The average molecular weight is 313 g/mol. The molecule has 2 fully saturated rings. The second-order valence-corrected chi connectivity index (χ2v) is 7.53. The minimum absolute atomic E-state index is 0.166. The molecular weight excluding hydrogens is 286 g/mol. The Bertz CT molecular complexity index is 591. The summed E-state index contributed by atoms with van der Waals surface area (Å²) >= 11 is 0. The van der Waals surface area contributed by atoms with Crippen molar-refractivity contribution in [2.45, 2.75) is 24.9 Å². The van der Waals surface area contributed by atoms with Crippen molar-refractivity contribution >= 4 is 0 Å². The zero-order valence-electron chi connectivity index (χ0n) is 14.2. The minimum atomic E-state index is -0.836. The lowest BCUT2D eigenvalue weighted by Gasteiger charge is -2.46. The first kappa shape index (κ1) is 16.4. The molecule has 1 aromatic carbocycles. The van der Waals surface area contributed by atoms with Crippen LogP contribution in [0, 0.1) is 23.2 Å². The Morgan fingerprint density at radius 3 is 2.83 bits per heavy atom. The van der Waals surface area contributed by atoms with Crippen LogP contribution in [0.5, 0.6) is 0 Å². The molecule has 1 heterocycles. The first-order chi connectivity index (χ1) is 11.0. The number of hydrogen-bond donors (Lipinski definition) is 1. The molecular formula is C19H27N3O. The number of likely N-dealkylation sites (tertiary alicyclic amines) is 1. The average Bonchev–Trinajstić information content (AvgIpc) is 3.34. The molecule has 3 rings (SSSR count). The van der Waals surface area contributed by atoms with E-state index in [4.69, 9.17) is 5.26 Å². The monoisotopic (exact) mass is 313 g/mol. The second-order valence-electron chi connectivity index (χ2n) is 7.53. The topological polar surface area (TPSA) is 50.5 Å². The molecule has 1 N–H and O–H groups in total. The van der Waals surface area contributed by atoms with Crippen LogP contribution in [-0.2, 0) is 5.60 Å². The molecule has 4 heteroatoms. The van der Waals surface area contributed by atoms with Gasteiger partial charge in [-0.1, -0.05) is 12.1 Å². The third kappa shape index (κ3) is 3.74. The van der Waals surface area contributed by atoms with Crippen molar-refractivity contribution in [2.24, 2.45) is 11.8 Å². The highest BCUT2D eigenvalue weighted by Crippen LogP contribution is 2.39. The van der Waals surface area contributed by atoms with Crippen molar-refractivity contribution in [1.29, 1.82) is 5.26 Å². The molecule has 1 saturated heterocycles. The molecule has 0 aromatic heterocycles. The van der Waals surface area contributed by atoms with Crippen LogP contribution in [0.1, 0.15) is 30.4 Å². The Hall–Kier alpha value is -1.41. The van der Waals surface area contributed by atoms with Gasteiger partial charge in [-0.05, 0) is 57.0 Å². The molecule has 1 aromatic rings. The van der Waals surface area contributed by atoms with E-state index in [2.05, 4.69) is 30.0 Å². The van der Waals surface area contributed by atoms with Gasteiger partial charge in [-0.2, -0.15) is 5.26 Å². The van der Waals surface area contributed by atoms with Crippen LogP contribution in [0.3, 0.4) is 0 Å².